The van der Waals surface area contributed by atoms with E-state index in [-0.39, 0.29) is 5.91 Å². The van der Waals surface area contributed by atoms with E-state index < -0.39 is 0 Å². The molecule has 0 aromatic heterocycles. The number of hydrogen-bond acceptors (Lipinski definition) is 2. The number of amides is 1. The monoisotopic (exact) mass is 263 g/mol. The van der Waals surface area contributed by atoms with E-state index in [4.69, 9.17) is 4.74 Å². The van der Waals surface area contributed by atoms with Crippen molar-refractivity contribution in [2.45, 2.75) is 46.5 Å². The Kier molecular flexibility index (Phi) is 7.19. The Balaban J connectivity index is 2.62. The number of para-hydroxylation sites is 1. The molecule has 0 radical (unpaired) electrons. The van der Waals surface area contributed by atoms with Gasteiger partial charge in [-0.15, -0.1) is 0 Å². The third-order valence-electron chi connectivity index (χ3n) is 3.16. The van der Waals surface area contributed by atoms with Crippen molar-refractivity contribution in [3.8, 4) is 0 Å². The van der Waals surface area contributed by atoms with Crippen LogP contribution in [-0.2, 0) is 22.4 Å². The molecule has 0 aliphatic carbocycles. The molecule has 3 heteroatoms. The zero-order valence-electron chi connectivity index (χ0n) is 12.3. The van der Waals surface area contributed by atoms with Crippen molar-refractivity contribution in [2.75, 3.05) is 18.5 Å². The minimum atomic E-state index is 0.0790. The fraction of sp³-hybridized carbons (Fsp3) is 0.562. The lowest BCUT2D eigenvalue weighted by Crippen LogP contribution is -2.15. The van der Waals surface area contributed by atoms with Crippen LogP contribution in [-0.4, -0.2) is 19.1 Å². The summed E-state index contributed by atoms with van der Waals surface area (Å²) in [7, 11) is 0. The summed E-state index contributed by atoms with van der Waals surface area (Å²) in [5, 5.41) is 3.06. The Hall–Kier alpha value is -1.35. The van der Waals surface area contributed by atoms with Crippen molar-refractivity contribution < 1.29 is 9.53 Å². The Bertz CT molecular complexity index is 379. The van der Waals surface area contributed by atoms with Gasteiger partial charge in [0.15, 0.2) is 0 Å². The van der Waals surface area contributed by atoms with Crippen LogP contribution in [0.3, 0.4) is 0 Å². The molecule has 0 unspecified atom stereocenters. The van der Waals surface area contributed by atoms with E-state index in [9.17, 15) is 4.79 Å². The molecule has 0 spiro atoms. The van der Waals surface area contributed by atoms with Crippen molar-refractivity contribution >= 4 is 11.6 Å². The van der Waals surface area contributed by atoms with Crippen molar-refractivity contribution in [3.05, 3.63) is 29.3 Å². The van der Waals surface area contributed by atoms with Gasteiger partial charge in [0, 0.05) is 25.3 Å². The topological polar surface area (TPSA) is 38.3 Å². The molecule has 0 saturated heterocycles. The number of aryl methyl sites for hydroxylation is 2. The lowest BCUT2D eigenvalue weighted by atomic mass is 10.0. The summed E-state index contributed by atoms with van der Waals surface area (Å²) in [5.74, 6) is 0.0790. The lowest BCUT2D eigenvalue weighted by Gasteiger charge is -2.14. The number of rotatable bonds is 8. The summed E-state index contributed by atoms with van der Waals surface area (Å²) in [6.07, 6.45) is 3.15. The summed E-state index contributed by atoms with van der Waals surface area (Å²) in [5.41, 5.74) is 3.42. The molecule has 0 saturated carbocycles. The second-order valence-corrected chi connectivity index (χ2v) is 4.51. The highest BCUT2D eigenvalue weighted by atomic mass is 16.5. The molecule has 1 rings (SSSR count). The van der Waals surface area contributed by atoms with Gasteiger partial charge < -0.3 is 10.1 Å². The zero-order chi connectivity index (χ0) is 14.1. The van der Waals surface area contributed by atoms with Crippen LogP contribution in [0, 0.1) is 0 Å². The number of nitrogens with one attached hydrogen (secondary N) is 1. The number of hydrogen-bond donors (Lipinski definition) is 1. The van der Waals surface area contributed by atoms with E-state index >= 15 is 0 Å². The predicted octanol–water partition coefficient (Wildman–Crippen LogP) is 3.57. The largest absolute Gasteiger partial charge is 0.382 e. The SMILES string of the molecule is CCOCCCC(=O)Nc1c(CC)cccc1CC. The van der Waals surface area contributed by atoms with Crippen LogP contribution < -0.4 is 5.32 Å². The minimum Gasteiger partial charge on any atom is -0.382 e. The van der Waals surface area contributed by atoms with Crippen molar-refractivity contribution in [2.24, 2.45) is 0 Å². The van der Waals surface area contributed by atoms with E-state index in [1.807, 2.05) is 6.92 Å². The minimum absolute atomic E-state index is 0.0790. The Morgan fingerprint density at radius 3 is 2.32 bits per heavy atom. The molecule has 1 amide bonds. The van der Waals surface area contributed by atoms with Gasteiger partial charge in [0.25, 0.3) is 0 Å². The molecule has 0 aliphatic heterocycles. The maximum Gasteiger partial charge on any atom is 0.224 e. The average Bonchev–Trinajstić information content (AvgIpc) is 2.43. The molecular weight excluding hydrogens is 238 g/mol. The fourth-order valence-electron chi connectivity index (χ4n) is 2.08. The molecule has 1 aromatic carbocycles. The molecule has 0 fully saturated rings. The van der Waals surface area contributed by atoms with E-state index in [0.717, 1.165) is 24.9 Å². The molecule has 3 nitrogen and oxygen atoms in total. The molecule has 0 heterocycles. The van der Waals surface area contributed by atoms with Gasteiger partial charge in [-0.3, -0.25) is 4.79 Å². The molecule has 0 atom stereocenters. The average molecular weight is 263 g/mol. The van der Waals surface area contributed by atoms with Crippen molar-refractivity contribution in [3.63, 3.8) is 0 Å². The molecule has 106 valence electrons. The first-order chi connectivity index (χ1) is 9.22. The lowest BCUT2D eigenvalue weighted by molar-refractivity contribution is -0.116. The predicted molar refractivity (Wildman–Crippen MR) is 79.6 cm³/mol. The highest BCUT2D eigenvalue weighted by molar-refractivity contribution is 5.92. The van der Waals surface area contributed by atoms with Gasteiger partial charge >= 0.3 is 0 Å². The van der Waals surface area contributed by atoms with E-state index in [1.165, 1.54) is 11.1 Å². The van der Waals surface area contributed by atoms with Gasteiger partial charge in [0.05, 0.1) is 0 Å². The van der Waals surface area contributed by atoms with Gasteiger partial charge in [-0.25, -0.2) is 0 Å². The Morgan fingerprint density at radius 2 is 1.79 bits per heavy atom. The molecule has 1 N–H and O–H groups in total. The highest BCUT2D eigenvalue weighted by Gasteiger charge is 2.09. The second-order valence-electron chi connectivity index (χ2n) is 4.51. The van der Waals surface area contributed by atoms with Gasteiger partial charge in [-0.1, -0.05) is 32.0 Å². The molecule has 19 heavy (non-hydrogen) atoms. The third kappa shape index (κ3) is 5.03. The number of carbonyl (C=O) groups excluding carboxylic acids is 1. The number of carbonyl (C=O) groups is 1. The molecule has 0 bridgehead atoms. The smallest absolute Gasteiger partial charge is 0.224 e. The summed E-state index contributed by atoms with van der Waals surface area (Å²) < 4.78 is 5.24. The first-order valence-corrected chi connectivity index (χ1v) is 7.21. The van der Waals surface area contributed by atoms with Crippen molar-refractivity contribution in [1.29, 1.82) is 0 Å². The maximum absolute atomic E-state index is 11.9. The highest BCUT2D eigenvalue weighted by Crippen LogP contribution is 2.22. The van der Waals surface area contributed by atoms with Gasteiger partial charge in [0.2, 0.25) is 5.91 Å². The Morgan fingerprint density at radius 1 is 1.16 bits per heavy atom. The molecular formula is C16H25NO2. The van der Waals surface area contributed by atoms with E-state index in [0.29, 0.717) is 19.6 Å². The molecule has 0 aliphatic rings. The van der Waals surface area contributed by atoms with Crippen LogP contribution in [0.4, 0.5) is 5.69 Å². The summed E-state index contributed by atoms with van der Waals surface area (Å²) in [6.45, 7) is 7.55. The van der Waals surface area contributed by atoms with Crippen LogP contribution in [0.5, 0.6) is 0 Å². The van der Waals surface area contributed by atoms with Gasteiger partial charge in [-0.2, -0.15) is 0 Å². The van der Waals surface area contributed by atoms with E-state index in [1.54, 1.807) is 0 Å². The number of ether oxygens (including phenoxy) is 1. The molecule has 1 aromatic rings. The first-order valence-electron chi connectivity index (χ1n) is 7.21. The second kappa shape index (κ2) is 8.70. The van der Waals surface area contributed by atoms with E-state index in [2.05, 4.69) is 37.4 Å². The van der Waals surface area contributed by atoms with Crippen LogP contribution in [0.1, 0.15) is 44.7 Å². The summed E-state index contributed by atoms with van der Waals surface area (Å²) in [4.78, 5) is 11.9. The first kappa shape index (κ1) is 15.7. The van der Waals surface area contributed by atoms with Crippen molar-refractivity contribution in [1.82, 2.24) is 0 Å². The normalized spacial score (nSPS) is 10.5. The fourth-order valence-corrected chi connectivity index (χ4v) is 2.08. The third-order valence-corrected chi connectivity index (χ3v) is 3.16. The van der Waals surface area contributed by atoms with Crippen LogP contribution in [0.15, 0.2) is 18.2 Å². The van der Waals surface area contributed by atoms with Gasteiger partial charge in [-0.05, 0) is 37.3 Å². The maximum atomic E-state index is 11.9. The number of anilines is 1. The van der Waals surface area contributed by atoms with Crippen LogP contribution in [0.25, 0.3) is 0 Å². The summed E-state index contributed by atoms with van der Waals surface area (Å²) in [6, 6.07) is 6.21. The zero-order valence-corrected chi connectivity index (χ0v) is 12.3. The quantitative estimate of drug-likeness (QED) is 0.728. The standard InChI is InChI=1S/C16H25NO2/c1-4-13-9-7-10-14(5-2)16(13)17-15(18)11-8-12-19-6-3/h7,9-10H,4-6,8,11-12H2,1-3H3,(H,17,18). The Labute approximate surface area is 116 Å². The summed E-state index contributed by atoms with van der Waals surface area (Å²) >= 11 is 0. The van der Waals surface area contributed by atoms with Crippen LogP contribution in [0.2, 0.25) is 0 Å². The van der Waals surface area contributed by atoms with Crippen LogP contribution >= 0.6 is 0 Å². The number of benzene rings is 1. The van der Waals surface area contributed by atoms with Gasteiger partial charge in [0.1, 0.15) is 0 Å².